The van der Waals surface area contributed by atoms with Gasteiger partial charge in [0.1, 0.15) is 10.7 Å². The average Bonchev–Trinajstić information content (AvgIpc) is 2.98. The van der Waals surface area contributed by atoms with Crippen LogP contribution in [0, 0.1) is 12.7 Å². The van der Waals surface area contributed by atoms with Gasteiger partial charge in [0, 0.05) is 5.69 Å². The molecule has 0 atom stereocenters. The molecule has 0 aliphatic heterocycles. The van der Waals surface area contributed by atoms with Crippen LogP contribution in [0.5, 0.6) is 0 Å². The lowest BCUT2D eigenvalue weighted by molar-refractivity contribution is 0.103. The SMILES string of the molecule is CCc1ccccc1Nc1nc(C)c(C(=O)Nc2ccc(F)cc2Cl)s1. The lowest BCUT2D eigenvalue weighted by Crippen LogP contribution is -2.11. The van der Waals surface area contributed by atoms with Crippen LogP contribution in [0.4, 0.5) is 20.9 Å². The van der Waals surface area contributed by atoms with E-state index < -0.39 is 5.82 Å². The summed E-state index contributed by atoms with van der Waals surface area (Å²) >= 11 is 7.23. The fourth-order valence-electron chi connectivity index (χ4n) is 2.50. The molecular formula is C19H17ClFN3OS. The summed E-state index contributed by atoms with van der Waals surface area (Å²) in [6.07, 6.45) is 0.893. The van der Waals surface area contributed by atoms with Gasteiger partial charge in [-0.05, 0) is 43.2 Å². The van der Waals surface area contributed by atoms with E-state index in [2.05, 4.69) is 22.5 Å². The van der Waals surface area contributed by atoms with E-state index in [0.29, 0.717) is 21.4 Å². The molecule has 0 unspecified atom stereocenters. The highest BCUT2D eigenvalue weighted by Gasteiger charge is 2.17. The summed E-state index contributed by atoms with van der Waals surface area (Å²) in [4.78, 5) is 17.4. The summed E-state index contributed by atoms with van der Waals surface area (Å²) < 4.78 is 13.1. The van der Waals surface area contributed by atoms with Gasteiger partial charge in [-0.15, -0.1) is 0 Å². The van der Waals surface area contributed by atoms with Crippen molar-refractivity contribution in [1.29, 1.82) is 0 Å². The van der Waals surface area contributed by atoms with Crippen LogP contribution in [0.15, 0.2) is 42.5 Å². The molecule has 26 heavy (non-hydrogen) atoms. The lowest BCUT2D eigenvalue weighted by atomic mass is 10.1. The average molecular weight is 390 g/mol. The minimum atomic E-state index is -0.456. The molecule has 3 rings (SSSR count). The Morgan fingerprint density at radius 1 is 1.23 bits per heavy atom. The van der Waals surface area contributed by atoms with E-state index in [1.807, 2.05) is 24.3 Å². The fraction of sp³-hybridized carbons (Fsp3) is 0.158. The first-order valence-corrected chi connectivity index (χ1v) is 9.26. The van der Waals surface area contributed by atoms with Crippen molar-refractivity contribution in [2.75, 3.05) is 10.6 Å². The highest BCUT2D eigenvalue weighted by atomic mass is 35.5. The molecule has 1 aromatic heterocycles. The molecule has 0 spiro atoms. The lowest BCUT2D eigenvalue weighted by Gasteiger charge is -2.07. The van der Waals surface area contributed by atoms with Crippen molar-refractivity contribution in [2.24, 2.45) is 0 Å². The number of rotatable bonds is 5. The molecule has 0 bridgehead atoms. The van der Waals surface area contributed by atoms with Gasteiger partial charge >= 0.3 is 0 Å². The number of nitrogens with one attached hydrogen (secondary N) is 2. The normalized spacial score (nSPS) is 10.6. The Balaban J connectivity index is 1.80. The zero-order valence-electron chi connectivity index (χ0n) is 14.3. The number of carbonyl (C=O) groups excluding carboxylic acids is 1. The second kappa shape index (κ2) is 7.85. The van der Waals surface area contributed by atoms with Crippen LogP contribution in [0.1, 0.15) is 27.9 Å². The zero-order chi connectivity index (χ0) is 18.7. The second-order valence-electron chi connectivity index (χ2n) is 5.65. The minimum Gasteiger partial charge on any atom is -0.331 e. The summed E-state index contributed by atoms with van der Waals surface area (Å²) in [5, 5.41) is 6.76. The zero-order valence-corrected chi connectivity index (χ0v) is 15.8. The van der Waals surface area contributed by atoms with Gasteiger partial charge in [-0.2, -0.15) is 0 Å². The minimum absolute atomic E-state index is 0.149. The molecule has 0 saturated heterocycles. The molecule has 2 N–H and O–H groups in total. The van der Waals surface area contributed by atoms with E-state index >= 15 is 0 Å². The van der Waals surface area contributed by atoms with Gasteiger partial charge in [-0.25, -0.2) is 9.37 Å². The van der Waals surface area contributed by atoms with Crippen molar-refractivity contribution in [1.82, 2.24) is 4.98 Å². The van der Waals surface area contributed by atoms with Crippen LogP contribution in [-0.4, -0.2) is 10.9 Å². The molecule has 134 valence electrons. The van der Waals surface area contributed by atoms with Crippen molar-refractivity contribution in [3.8, 4) is 0 Å². The van der Waals surface area contributed by atoms with Gasteiger partial charge in [0.15, 0.2) is 5.13 Å². The highest BCUT2D eigenvalue weighted by Crippen LogP contribution is 2.29. The van der Waals surface area contributed by atoms with Crippen LogP contribution in [0.25, 0.3) is 0 Å². The van der Waals surface area contributed by atoms with Crippen LogP contribution in [0.3, 0.4) is 0 Å². The molecule has 1 heterocycles. The van der Waals surface area contributed by atoms with Crippen molar-refractivity contribution in [3.05, 3.63) is 69.4 Å². The molecule has 0 fully saturated rings. The summed E-state index contributed by atoms with van der Waals surface area (Å²) in [6.45, 7) is 3.85. The Kier molecular flexibility index (Phi) is 5.54. The largest absolute Gasteiger partial charge is 0.331 e. The first kappa shape index (κ1) is 18.4. The number of para-hydroxylation sites is 1. The number of nitrogens with zero attached hydrogens (tertiary/aromatic N) is 1. The molecule has 1 amide bonds. The Labute approximate surface area is 160 Å². The number of amides is 1. The van der Waals surface area contributed by atoms with Crippen LogP contribution in [-0.2, 0) is 6.42 Å². The van der Waals surface area contributed by atoms with Crippen LogP contribution < -0.4 is 10.6 Å². The number of benzene rings is 2. The summed E-state index contributed by atoms with van der Waals surface area (Å²) in [5.74, 6) is -0.784. The second-order valence-corrected chi connectivity index (χ2v) is 7.05. The van der Waals surface area contributed by atoms with Gasteiger partial charge in [-0.3, -0.25) is 4.79 Å². The van der Waals surface area contributed by atoms with Gasteiger partial charge < -0.3 is 10.6 Å². The van der Waals surface area contributed by atoms with E-state index in [1.165, 1.54) is 29.0 Å². The Hall–Kier alpha value is -2.44. The van der Waals surface area contributed by atoms with Crippen molar-refractivity contribution >= 4 is 45.4 Å². The highest BCUT2D eigenvalue weighted by molar-refractivity contribution is 7.17. The van der Waals surface area contributed by atoms with Crippen molar-refractivity contribution in [2.45, 2.75) is 20.3 Å². The molecule has 0 aliphatic carbocycles. The number of hydrogen-bond acceptors (Lipinski definition) is 4. The summed E-state index contributed by atoms with van der Waals surface area (Å²) in [5.41, 5.74) is 3.11. The number of halogens is 2. The monoisotopic (exact) mass is 389 g/mol. The summed E-state index contributed by atoms with van der Waals surface area (Å²) in [7, 11) is 0. The molecule has 4 nitrogen and oxygen atoms in total. The number of thiazole rings is 1. The van der Waals surface area contributed by atoms with Crippen molar-refractivity contribution < 1.29 is 9.18 Å². The molecule has 2 aromatic carbocycles. The molecule has 0 radical (unpaired) electrons. The number of hydrogen-bond donors (Lipinski definition) is 2. The fourth-order valence-corrected chi connectivity index (χ4v) is 3.58. The number of carbonyl (C=O) groups is 1. The van der Waals surface area contributed by atoms with Gasteiger partial charge in [0.2, 0.25) is 0 Å². The topological polar surface area (TPSA) is 54.0 Å². The Morgan fingerprint density at radius 2 is 2.00 bits per heavy atom. The molecule has 7 heteroatoms. The first-order valence-electron chi connectivity index (χ1n) is 8.06. The standard InChI is InChI=1S/C19H17ClFN3OS/c1-3-12-6-4-5-7-15(12)24-19-22-11(2)17(26-19)18(25)23-16-9-8-13(21)10-14(16)20/h4-10H,3H2,1-2H3,(H,22,24)(H,23,25). The van der Waals surface area contributed by atoms with E-state index in [1.54, 1.807) is 6.92 Å². The van der Waals surface area contributed by atoms with E-state index in [0.717, 1.165) is 18.2 Å². The van der Waals surface area contributed by atoms with E-state index in [-0.39, 0.29) is 10.9 Å². The van der Waals surface area contributed by atoms with Crippen molar-refractivity contribution in [3.63, 3.8) is 0 Å². The third kappa shape index (κ3) is 4.03. The molecule has 0 aliphatic rings. The smallest absolute Gasteiger partial charge is 0.267 e. The molecular weight excluding hydrogens is 373 g/mol. The Morgan fingerprint density at radius 3 is 2.73 bits per heavy atom. The van der Waals surface area contributed by atoms with Gasteiger partial charge in [0.25, 0.3) is 5.91 Å². The maximum absolute atomic E-state index is 13.1. The third-order valence-electron chi connectivity index (χ3n) is 3.82. The quantitative estimate of drug-likeness (QED) is 0.579. The van der Waals surface area contributed by atoms with Gasteiger partial charge in [-0.1, -0.05) is 48.1 Å². The number of aromatic nitrogens is 1. The molecule has 3 aromatic rings. The van der Waals surface area contributed by atoms with Crippen LogP contribution >= 0.6 is 22.9 Å². The van der Waals surface area contributed by atoms with E-state index in [9.17, 15) is 9.18 Å². The number of aryl methyl sites for hydroxylation is 2. The first-order chi connectivity index (χ1) is 12.5. The molecule has 0 saturated carbocycles. The Bertz CT molecular complexity index is 958. The number of anilines is 3. The van der Waals surface area contributed by atoms with Crippen LogP contribution in [0.2, 0.25) is 5.02 Å². The maximum Gasteiger partial charge on any atom is 0.267 e. The predicted octanol–water partition coefficient (Wildman–Crippen LogP) is 5.80. The van der Waals surface area contributed by atoms with Gasteiger partial charge in [0.05, 0.1) is 16.4 Å². The van der Waals surface area contributed by atoms with E-state index in [4.69, 9.17) is 11.6 Å². The summed E-state index contributed by atoms with van der Waals surface area (Å²) in [6, 6.07) is 11.8. The third-order valence-corrected chi connectivity index (χ3v) is 5.21. The predicted molar refractivity (Wildman–Crippen MR) is 105 cm³/mol. The maximum atomic E-state index is 13.1.